The molecule has 2 aromatic carbocycles. The van der Waals surface area contributed by atoms with Crippen molar-refractivity contribution in [3.8, 4) is 22.5 Å². The first-order chi connectivity index (χ1) is 17.8. The summed E-state index contributed by atoms with van der Waals surface area (Å²) in [6, 6.07) is 29.3. The lowest BCUT2D eigenvalue weighted by molar-refractivity contribution is 0.595. The second-order valence-corrected chi connectivity index (χ2v) is 10.4. The average molecular weight is 484 g/mol. The molecule has 0 atom stereocenters. The molecule has 4 aromatic heterocycles. The first-order valence-corrected chi connectivity index (χ1v) is 12.6. The number of aryl methyl sites for hydroxylation is 3. The smallest absolute Gasteiger partial charge is 0.227 e. The van der Waals surface area contributed by atoms with Gasteiger partial charge >= 0.3 is 0 Å². The van der Waals surface area contributed by atoms with Crippen LogP contribution in [0.2, 0.25) is 0 Å². The van der Waals surface area contributed by atoms with Crippen LogP contribution in [-0.4, -0.2) is 15.0 Å². The van der Waals surface area contributed by atoms with E-state index in [1.54, 1.807) is 0 Å². The lowest BCUT2D eigenvalue weighted by atomic mass is 9.83. The second kappa shape index (κ2) is 8.67. The Labute approximate surface area is 217 Å². The van der Waals surface area contributed by atoms with Crippen LogP contribution >= 0.6 is 0 Å². The molecule has 4 heterocycles. The van der Waals surface area contributed by atoms with E-state index in [0.717, 1.165) is 61.5 Å². The molecule has 0 aliphatic rings. The largest absolute Gasteiger partial charge is 0.437 e. The van der Waals surface area contributed by atoms with Crippen LogP contribution in [0, 0.1) is 20.8 Å². The molecular formula is C33H29N3O. The molecule has 0 unspecified atom stereocenters. The maximum atomic E-state index is 6.29. The Bertz CT molecular complexity index is 1780. The first-order valence-electron chi connectivity index (χ1n) is 12.6. The molecule has 4 heteroatoms. The Morgan fingerprint density at radius 1 is 0.622 bits per heavy atom. The summed E-state index contributed by atoms with van der Waals surface area (Å²) in [6.45, 7) is 10.6. The van der Waals surface area contributed by atoms with Gasteiger partial charge in [-0.25, -0.2) is 4.98 Å². The number of para-hydroxylation sites is 1. The van der Waals surface area contributed by atoms with Gasteiger partial charge < -0.3 is 4.42 Å². The van der Waals surface area contributed by atoms with Crippen LogP contribution in [-0.2, 0) is 5.41 Å². The molecule has 4 nitrogen and oxygen atoms in total. The molecule has 0 amide bonds. The minimum Gasteiger partial charge on any atom is -0.437 e. The van der Waals surface area contributed by atoms with Crippen molar-refractivity contribution in [2.75, 3.05) is 0 Å². The minimum atomic E-state index is -0.406. The molecule has 0 N–H and O–H groups in total. The van der Waals surface area contributed by atoms with Crippen molar-refractivity contribution in [1.82, 2.24) is 15.0 Å². The molecular weight excluding hydrogens is 454 g/mol. The Morgan fingerprint density at radius 2 is 1.30 bits per heavy atom. The number of aromatic nitrogens is 3. The molecule has 0 fully saturated rings. The predicted molar refractivity (Wildman–Crippen MR) is 151 cm³/mol. The molecule has 6 aromatic rings. The summed E-state index contributed by atoms with van der Waals surface area (Å²) in [5.41, 5.74) is 10.3. The number of hydrogen-bond donors (Lipinski definition) is 0. The van der Waals surface area contributed by atoms with Crippen LogP contribution in [0.4, 0.5) is 0 Å². The number of rotatable bonds is 4. The third kappa shape index (κ3) is 4.09. The zero-order valence-electron chi connectivity index (χ0n) is 21.8. The highest BCUT2D eigenvalue weighted by Crippen LogP contribution is 2.37. The van der Waals surface area contributed by atoms with Gasteiger partial charge in [-0.3, -0.25) is 9.97 Å². The number of nitrogens with zero attached hydrogens (tertiary/aromatic N) is 3. The van der Waals surface area contributed by atoms with Crippen molar-refractivity contribution in [3.05, 3.63) is 113 Å². The molecule has 0 saturated carbocycles. The van der Waals surface area contributed by atoms with E-state index in [2.05, 4.69) is 93.3 Å². The van der Waals surface area contributed by atoms with Gasteiger partial charge in [0.25, 0.3) is 0 Å². The molecule has 0 spiro atoms. The van der Waals surface area contributed by atoms with Gasteiger partial charge in [0.05, 0.1) is 22.8 Å². The van der Waals surface area contributed by atoms with Crippen molar-refractivity contribution < 1.29 is 4.42 Å². The van der Waals surface area contributed by atoms with Crippen molar-refractivity contribution >= 4 is 22.1 Å². The van der Waals surface area contributed by atoms with E-state index >= 15 is 0 Å². The third-order valence-corrected chi connectivity index (χ3v) is 7.07. The highest BCUT2D eigenvalue weighted by molar-refractivity contribution is 6.08. The third-order valence-electron chi connectivity index (χ3n) is 7.07. The molecule has 0 aliphatic heterocycles. The van der Waals surface area contributed by atoms with Crippen LogP contribution in [0.15, 0.2) is 89.3 Å². The highest BCUT2D eigenvalue weighted by atomic mass is 16.3. The monoisotopic (exact) mass is 483 g/mol. The molecule has 0 bridgehead atoms. The van der Waals surface area contributed by atoms with Crippen molar-refractivity contribution in [3.63, 3.8) is 0 Å². The minimum absolute atomic E-state index is 0.406. The Kier molecular flexibility index (Phi) is 5.41. The summed E-state index contributed by atoms with van der Waals surface area (Å²) in [7, 11) is 0. The lowest BCUT2D eigenvalue weighted by Gasteiger charge is -2.26. The van der Waals surface area contributed by atoms with Gasteiger partial charge in [-0.1, -0.05) is 42.5 Å². The fourth-order valence-electron chi connectivity index (χ4n) is 4.97. The maximum Gasteiger partial charge on any atom is 0.227 e. The van der Waals surface area contributed by atoms with Crippen LogP contribution < -0.4 is 0 Å². The second-order valence-electron chi connectivity index (χ2n) is 10.4. The van der Waals surface area contributed by atoms with Gasteiger partial charge in [0.1, 0.15) is 5.58 Å². The zero-order chi connectivity index (χ0) is 25.7. The van der Waals surface area contributed by atoms with Crippen molar-refractivity contribution in [1.29, 1.82) is 0 Å². The maximum absolute atomic E-state index is 6.29. The normalized spacial score (nSPS) is 11.9. The number of pyridine rings is 3. The van der Waals surface area contributed by atoms with Gasteiger partial charge in [0.2, 0.25) is 5.71 Å². The van der Waals surface area contributed by atoms with E-state index in [0.29, 0.717) is 5.71 Å². The SMILES string of the molecule is Cc1cc(-c2ccccc2)nc(C(C)(C)c2cc(C)cc(-c3cccc4c3oc3nc(C)ccc34)n2)c1. The standard InChI is InChI=1S/C33H29N3O/c1-20-16-27(23-10-7-6-8-11-23)35-29(18-20)33(4,5)30-19-21(2)17-28(36-30)26-13-9-12-24-25-15-14-22(3)34-32(25)37-31(24)26/h6-19H,1-5H3. The van der Waals surface area contributed by atoms with E-state index in [9.17, 15) is 0 Å². The van der Waals surface area contributed by atoms with E-state index in [1.165, 1.54) is 5.56 Å². The first kappa shape index (κ1) is 23.1. The Morgan fingerprint density at radius 3 is 2.03 bits per heavy atom. The molecule has 182 valence electrons. The number of hydrogen-bond acceptors (Lipinski definition) is 4. The summed E-state index contributed by atoms with van der Waals surface area (Å²) >= 11 is 0. The van der Waals surface area contributed by atoms with Gasteiger partial charge in [-0.2, -0.15) is 0 Å². The van der Waals surface area contributed by atoms with Gasteiger partial charge in [0.15, 0.2) is 0 Å². The van der Waals surface area contributed by atoms with Crippen LogP contribution in [0.25, 0.3) is 44.6 Å². The van der Waals surface area contributed by atoms with Crippen LogP contribution in [0.5, 0.6) is 0 Å². The molecule has 37 heavy (non-hydrogen) atoms. The van der Waals surface area contributed by atoms with E-state index in [-0.39, 0.29) is 0 Å². The molecule has 0 saturated heterocycles. The predicted octanol–water partition coefficient (Wildman–Crippen LogP) is 8.36. The van der Waals surface area contributed by atoms with Gasteiger partial charge in [-0.05, 0) is 88.2 Å². The number of fused-ring (bicyclic) bond motifs is 3. The van der Waals surface area contributed by atoms with E-state index in [4.69, 9.17) is 14.4 Å². The fraction of sp³-hybridized carbons (Fsp3) is 0.182. The molecule has 0 aliphatic carbocycles. The Hall–Kier alpha value is -4.31. The van der Waals surface area contributed by atoms with Gasteiger partial charge in [0, 0.05) is 33.0 Å². The van der Waals surface area contributed by atoms with Crippen molar-refractivity contribution in [2.45, 2.75) is 40.0 Å². The highest BCUT2D eigenvalue weighted by Gasteiger charge is 2.28. The summed E-state index contributed by atoms with van der Waals surface area (Å²) in [5.74, 6) is 0. The van der Waals surface area contributed by atoms with Gasteiger partial charge in [-0.15, -0.1) is 0 Å². The summed E-state index contributed by atoms with van der Waals surface area (Å²) in [4.78, 5) is 14.9. The fourth-order valence-corrected chi connectivity index (χ4v) is 4.97. The quantitative estimate of drug-likeness (QED) is 0.253. The summed E-state index contributed by atoms with van der Waals surface area (Å²) in [5, 5.41) is 2.07. The number of furan rings is 1. The van der Waals surface area contributed by atoms with E-state index < -0.39 is 5.41 Å². The topological polar surface area (TPSA) is 51.8 Å². The average Bonchev–Trinajstić information content (AvgIpc) is 3.26. The summed E-state index contributed by atoms with van der Waals surface area (Å²) in [6.07, 6.45) is 0. The number of benzene rings is 2. The van der Waals surface area contributed by atoms with Crippen LogP contribution in [0.1, 0.15) is 42.1 Å². The lowest BCUT2D eigenvalue weighted by Crippen LogP contribution is -2.23. The van der Waals surface area contributed by atoms with E-state index in [1.807, 2.05) is 31.2 Å². The van der Waals surface area contributed by atoms with Crippen LogP contribution in [0.3, 0.4) is 0 Å². The van der Waals surface area contributed by atoms with Crippen molar-refractivity contribution in [2.24, 2.45) is 0 Å². The summed E-state index contributed by atoms with van der Waals surface area (Å²) < 4.78 is 6.29. The zero-order valence-corrected chi connectivity index (χ0v) is 21.8. The Balaban J connectivity index is 1.50. The molecule has 0 radical (unpaired) electrons. The molecule has 6 rings (SSSR count).